The number of hydrogen-bond acceptors (Lipinski definition) is 3. The van der Waals surface area contributed by atoms with Crippen molar-refractivity contribution < 1.29 is 14.3 Å². The molecular formula is C18H19NO3. The number of nitrogens with zero attached hydrogens (tertiary/aromatic N) is 1. The minimum absolute atomic E-state index is 0.0528. The number of carbonyl (C=O) groups excluding carboxylic acids is 1. The molecule has 22 heavy (non-hydrogen) atoms. The highest BCUT2D eigenvalue weighted by atomic mass is 16.7. The van der Waals surface area contributed by atoms with Crippen LogP contribution in [0.15, 0.2) is 42.5 Å². The number of carbonyl (C=O) groups is 1. The van der Waals surface area contributed by atoms with Gasteiger partial charge in [0.05, 0.1) is 6.42 Å². The molecule has 2 aromatic carbocycles. The predicted molar refractivity (Wildman–Crippen MR) is 85.5 cm³/mol. The fraction of sp³-hybridized carbons (Fsp3) is 0.278. The molecule has 0 aromatic heterocycles. The Hall–Kier alpha value is -2.49. The fourth-order valence-corrected chi connectivity index (χ4v) is 2.69. The second kappa shape index (κ2) is 6.10. The third-order valence-corrected chi connectivity index (χ3v) is 3.75. The van der Waals surface area contributed by atoms with E-state index in [9.17, 15) is 4.79 Å². The van der Waals surface area contributed by atoms with Gasteiger partial charge in [0.25, 0.3) is 0 Å². The molecule has 0 saturated carbocycles. The van der Waals surface area contributed by atoms with Crippen LogP contribution < -0.4 is 14.4 Å². The molecule has 1 aliphatic heterocycles. The molecule has 4 heteroatoms. The van der Waals surface area contributed by atoms with E-state index in [4.69, 9.17) is 9.47 Å². The number of likely N-dealkylation sites (N-methyl/N-ethyl adjacent to an activating group) is 1. The van der Waals surface area contributed by atoms with Gasteiger partial charge in [-0.1, -0.05) is 24.3 Å². The van der Waals surface area contributed by atoms with Gasteiger partial charge in [0.15, 0.2) is 11.5 Å². The van der Waals surface area contributed by atoms with Crippen molar-refractivity contribution in [3.05, 3.63) is 53.6 Å². The van der Waals surface area contributed by atoms with Gasteiger partial charge in [-0.25, -0.2) is 0 Å². The van der Waals surface area contributed by atoms with Crippen LogP contribution in [0.3, 0.4) is 0 Å². The molecule has 0 spiro atoms. The van der Waals surface area contributed by atoms with Crippen LogP contribution in [0.1, 0.15) is 18.1 Å². The number of anilines is 1. The standard InChI is InChI=1S/C18H19NO3/c1-3-19(15-8-4-6-13(2)10-15)17(20)11-14-7-5-9-16-18(14)22-12-21-16/h4-10H,3,11-12H2,1-2H3. The summed E-state index contributed by atoms with van der Waals surface area (Å²) in [5, 5.41) is 0. The number of fused-ring (bicyclic) bond motifs is 1. The van der Waals surface area contributed by atoms with E-state index < -0.39 is 0 Å². The molecule has 1 aliphatic rings. The van der Waals surface area contributed by atoms with E-state index in [1.54, 1.807) is 4.90 Å². The summed E-state index contributed by atoms with van der Waals surface area (Å²) >= 11 is 0. The molecular weight excluding hydrogens is 278 g/mol. The van der Waals surface area contributed by atoms with Crippen LogP contribution in [0.4, 0.5) is 5.69 Å². The van der Waals surface area contributed by atoms with Crippen molar-refractivity contribution in [2.75, 3.05) is 18.2 Å². The Bertz CT molecular complexity index is 696. The topological polar surface area (TPSA) is 38.8 Å². The van der Waals surface area contributed by atoms with Gasteiger partial charge in [0, 0.05) is 17.8 Å². The van der Waals surface area contributed by atoms with Crippen molar-refractivity contribution >= 4 is 11.6 Å². The number of para-hydroxylation sites is 1. The van der Waals surface area contributed by atoms with Crippen molar-refractivity contribution in [1.29, 1.82) is 0 Å². The Morgan fingerprint density at radius 1 is 1.18 bits per heavy atom. The maximum Gasteiger partial charge on any atom is 0.231 e. The quantitative estimate of drug-likeness (QED) is 0.869. The summed E-state index contributed by atoms with van der Waals surface area (Å²) < 4.78 is 10.8. The summed E-state index contributed by atoms with van der Waals surface area (Å²) in [4.78, 5) is 14.5. The lowest BCUT2D eigenvalue weighted by molar-refractivity contribution is -0.118. The number of amides is 1. The predicted octanol–water partition coefficient (Wildman–Crippen LogP) is 3.32. The summed E-state index contributed by atoms with van der Waals surface area (Å²) in [6.07, 6.45) is 0.300. The van der Waals surface area contributed by atoms with Gasteiger partial charge in [0.2, 0.25) is 12.7 Å². The van der Waals surface area contributed by atoms with Gasteiger partial charge in [-0.05, 0) is 37.6 Å². The van der Waals surface area contributed by atoms with E-state index in [1.807, 2.05) is 56.3 Å². The highest BCUT2D eigenvalue weighted by Gasteiger charge is 2.21. The molecule has 0 aliphatic carbocycles. The number of aryl methyl sites for hydroxylation is 1. The van der Waals surface area contributed by atoms with Gasteiger partial charge in [-0.2, -0.15) is 0 Å². The zero-order valence-electron chi connectivity index (χ0n) is 12.8. The van der Waals surface area contributed by atoms with Gasteiger partial charge in [-0.15, -0.1) is 0 Å². The molecule has 114 valence electrons. The lowest BCUT2D eigenvalue weighted by Crippen LogP contribution is -2.32. The van der Waals surface area contributed by atoms with Crippen molar-refractivity contribution in [1.82, 2.24) is 0 Å². The lowest BCUT2D eigenvalue weighted by Gasteiger charge is -2.22. The van der Waals surface area contributed by atoms with E-state index in [0.717, 1.165) is 16.8 Å². The maximum absolute atomic E-state index is 12.7. The first-order valence-electron chi connectivity index (χ1n) is 7.43. The van der Waals surface area contributed by atoms with Crippen LogP contribution in [0.25, 0.3) is 0 Å². The minimum Gasteiger partial charge on any atom is -0.454 e. The first kappa shape index (κ1) is 14.4. The van der Waals surface area contributed by atoms with Crippen LogP contribution in [-0.2, 0) is 11.2 Å². The third-order valence-electron chi connectivity index (χ3n) is 3.75. The molecule has 0 bridgehead atoms. The summed E-state index contributed by atoms with van der Waals surface area (Å²) in [6, 6.07) is 13.6. The first-order valence-corrected chi connectivity index (χ1v) is 7.43. The molecule has 1 heterocycles. The van der Waals surface area contributed by atoms with Crippen molar-refractivity contribution in [3.8, 4) is 11.5 Å². The molecule has 0 N–H and O–H groups in total. The Labute approximate surface area is 130 Å². The van der Waals surface area contributed by atoms with Gasteiger partial charge in [0.1, 0.15) is 0 Å². The Morgan fingerprint density at radius 3 is 2.77 bits per heavy atom. The van der Waals surface area contributed by atoms with E-state index in [0.29, 0.717) is 24.5 Å². The molecule has 0 saturated heterocycles. The van der Waals surface area contributed by atoms with Crippen LogP contribution in [0.5, 0.6) is 11.5 Å². The molecule has 2 aromatic rings. The highest BCUT2D eigenvalue weighted by Crippen LogP contribution is 2.35. The van der Waals surface area contributed by atoms with Gasteiger partial charge < -0.3 is 14.4 Å². The molecule has 0 fully saturated rings. The first-order chi connectivity index (χ1) is 10.7. The number of hydrogen-bond donors (Lipinski definition) is 0. The van der Waals surface area contributed by atoms with Crippen molar-refractivity contribution in [2.24, 2.45) is 0 Å². The van der Waals surface area contributed by atoms with Gasteiger partial charge in [-0.3, -0.25) is 4.79 Å². The number of benzene rings is 2. The number of rotatable bonds is 4. The summed E-state index contributed by atoms with van der Waals surface area (Å²) in [5.41, 5.74) is 2.93. The largest absolute Gasteiger partial charge is 0.454 e. The average molecular weight is 297 g/mol. The Kier molecular flexibility index (Phi) is 4.00. The Morgan fingerprint density at radius 2 is 2.00 bits per heavy atom. The molecule has 0 atom stereocenters. The highest BCUT2D eigenvalue weighted by molar-refractivity contribution is 5.95. The smallest absolute Gasteiger partial charge is 0.231 e. The zero-order valence-corrected chi connectivity index (χ0v) is 12.8. The third kappa shape index (κ3) is 2.77. The molecule has 1 amide bonds. The average Bonchev–Trinajstić information content (AvgIpc) is 2.98. The molecule has 0 radical (unpaired) electrons. The van der Waals surface area contributed by atoms with E-state index in [1.165, 1.54) is 0 Å². The minimum atomic E-state index is 0.0528. The number of ether oxygens (including phenoxy) is 2. The summed E-state index contributed by atoms with van der Waals surface area (Å²) in [7, 11) is 0. The second-order valence-corrected chi connectivity index (χ2v) is 5.30. The monoisotopic (exact) mass is 297 g/mol. The SMILES string of the molecule is CCN(C(=O)Cc1cccc2c1OCO2)c1cccc(C)c1. The van der Waals surface area contributed by atoms with Crippen LogP contribution in [0.2, 0.25) is 0 Å². The van der Waals surface area contributed by atoms with Gasteiger partial charge >= 0.3 is 0 Å². The summed E-state index contributed by atoms with van der Waals surface area (Å²) in [6.45, 7) is 4.86. The van der Waals surface area contributed by atoms with Crippen LogP contribution in [-0.4, -0.2) is 19.2 Å². The second-order valence-electron chi connectivity index (χ2n) is 5.30. The van der Waals surface area contributed by atoms with E-state index in [-0.39, 0.29) is 12.7 Å². The lowest BCUT2D eigenvalue weighted by atomic mass is 10.1. The zero-order chi connectivity index (χ0) is 15.5. The molecule has 3 rings (SSSR count). The normalized spacial score (nSPS) is 12.3. The van der Waals surface area contributed by atoms with Crippen molar-refractivity contribution in [2.45, 2.75) is 20.3 Å². The van der Waals surface area contributed by atoms with E-state index >= 15 is 0 Å². The van der Waals surface area contributed by atoms with Crippen molar-refractivity contribution in [3.63, 3.8) is 0 Å². The summed E-state index contributed by atoms with van der Waals surface area (Å²) in [5.74, 6) is 1.46. The van der Waals surface area contributed by atoms with E-state index in [2.05, 4.69) is 0 Å². The van der Waals surface area contributed by atoms with Crippen LogP contribution in [0, 0.1) is 6.92 Å². The maximum atomic E-state index is 12.7. The Balaban J connectivity index is 1.83. The van der Waals surface area contributed by atoms with Crippen LogP contribution >= 0.6 is 0 Å². The molecule has 4 nitrogen and oxygen atoms in total. The fourth-order valence-electron chi connectivity index (χ4n) is 2.69. The molecule has 0 unspecified atom stereocenters.